The first-order chi connectivity index (χ1) is 17.3. The van der Waals surface area contributed by atoms with Crippen molar-refractivity contribution in [1.82, 2.24) is 14.8 Å². The number of pyridine rings is 1. The van der Waals surface area contributed by atoms with Crippen molar-refractivity contribution in [3.63, 3.8) is 0 Å². The van der Waals surface area contributed by atoms with Gasteiger partial charge in [-0.05, 0) is 32.3 Å². The number of hydrogen-bond donors (Lipinski definition) is 1. The average molecular weight is 520 g/mol. The Morgan fingerprint density at radius 1 is 1.28 bits per heavy atom. The van der Waals surface area contributed by atoms with Crippen LogP contribution >= 0.6 is 11.6 Å². The molecule has 8 nitrogen and oxygen atoms in total. The Kier molecular flexibility index (Phi) is 7.70. The Hall–Kier alpha value is -2.91. The molecule has 2 aromatic rings. The molecule has 0 radical (unpaired) electrons. The summed E-state index contributed by atoms with van der Waals surface area (Å²) in [7, 11) is 1.65. The smallest absolute Gasteiger partial charge is 0.275 e. The SMILES string of the molecule is CCCCOc1c2n(cc(C(=O)NCc3cccc(Cl)c3F)c1=O)CC1(CC(OC)C1)N(CC)C2=O. The standard InChI is InChI=1S/C26H31ClFN3O5/c1-4-6-10-36-23-21-25(34)31(5-2)26(11-17(12-26)35-3)15-30(21)14-18(22(23)32)24(33)29-13-16-8-7-9-19(27)20(16)28/h7-9,14,17H,4-6,10-13,15H2,1-3H3,(H,29,33). The summed E-state index contributed by atoms with van der Waals surface area (Å²) in [6.07, 6.45) is 4.32. The van der Waals surface area contributed by atoms with E-state index in [-0.39, 0.29) is 52.8 Å². The normalized spacial score (nSPS) is 20.8. The number of hydrogen-bond acceptors (Lipinski definition) is 5. The van der Waals surface area contributed by atoms with E-state index in [4.69, 9.17) is 21.1 Å². The molecule has 1 aromatic heterocycles. The molecular weight excluding hydrogens is 489 g/mol. The fourth-order valence-electron chi connectivity index (χ4n) is 5.08. The number of unbranched alkanes of at least 4 members (excludes halogenated alkanes) is 1. The average Bonchev–Trinajstić information content (AvgIpc) is 2.84. The summed E-state index contributed by atoms with van der Waals surface area (Å²) in [5, 5.41) is 2.55. The van der Waals surface area contributed by atoms with Gasteiger partial charge in [0.15, 0.2) is 11.4 Å². The maximum absolute atomic E-state index is 14.3. The number of methoxy groups -OCH3 is 1. The number of carbonyl (C=O) groups excluding carboxylic acids is 2. The summed E-state index contributed by atoms with van der Waals surface area (Å²) in [6, 6.07) is 4.50. The predicted molar refractivity (Wildman–Crippen MR) is 133 cm³/mol. The molecule has 1 spiro atoms. The summed E-state index contributed by atoms with van der Waals surface area (Å²) in [4.78, 5) is 41.9. The third-order valence-electron chi connectivity index (χ3n) is 7.05. The molecule has 2 amide bonds. The molecule has 1 saturated carbocycles. The number of carbonyl (C=O) groups is 2. The molecule has 0 saturated heterocycles. The van der Waals surface area contributed by atoms with Gasteiger partial charge in [-0.15, -0.1) is 0 Å². The van der Waals surface area contributed by atoms with Crippen LogP contribution in [0.15, 0.2) is 29.2 Å². The lowest BCUT2D eigenvalue weighted by Crippen LogP contribution is -2.66. The highest BCUT2D eigenvalue weighted by Gasteiger charge is 2.54. The van der Waals surface area contributed by atoms with Crippen LogP contribution in [0.3, 0.4) is 0 Å². The van der Waals surface area contributed by atoms with Crippen LogP contribution in [0, 0.1) is 5.82 Å². The number of nitrogens with zero attached hydrogens (tertiary/aromatic N) is 2. The Morgan fingerprint density at radius 2 is 2.03 bits per heavy atom. The molecule has 0 atom stereocenters. The molecule has 10 heteroatoms. The van der Waals surface area contributed by atoms with Gasteiger partial charge < -0.3 is 24.3 Å². The van der Waals surface area contributed by atoms with E-state index in [0.717, 1.165) is 6.42 Å². The van der Waals surface area contributed by atoms with Crippen molar-refractivity contribution in [2.75, 3.05) is 20.3 Å². The van der Waals surface area contributed by atoms with E-state index >= 15 is 0 Å². The minimum atomic E-state index is -0.683. The Labute approximate surface area is 214 Å². The molecule has 194 valence electrons. The van der Waals surface area contributed by atoms with E-state index < -0.39 is 22.7 Å². The fraction of sp³-hybridized carbons (Fsp3) is 0.500. The van der Waals surface area contributed by atoms with Crippen LogP contribution in [0.25, 0.3) is 0 Å². The molecular formula is C26H31ClFN3O5. The molecule has 1 aliphatic carbocycles. The van der Waals surface area contributed by atoms with Gasteiger partial charge >= 0.3 is 0 Å². The minimum Gasteiger partial charge on any atom is -0.487 e. The van der Waals surface area contributed by atoms with Gasteiger partial charge in [-0.1, -0.05) is 37.1 Å². The summed E-state index contributed by atoms with van der Waals surface area (Å²) in [5.41, 5.74) is -0.927. The van der Waals surface area contributed by atoms with Crippen LogP contribution in [0.5, 0.6) is 5.75 Å². The van der Waals surface area contributed by atoms with Crippen LogP contribution < -0.4 is 15.5 Å². The van der Waals surface area contributed by atoms with Crippen molar-refractivity contribution in [3.8, 4) is 5.75 Å². The molecule has 2 heterocycles. The van der Waals surface area contributed by atoms with Crippen molar-refractivity contribution in [2.24, 2.45) is 0 Å². The lowest BCUT2D eigenvalue weighted by atomic mass is 9.71. The lowest BCUT2D eigenvalue weighted by Gasteiger charge is -2.56. The van der Waals surface area contributed by atoms with E-state index in [2.05, 4.69) is 5.32 Å². The van der Waals surface area contributed by atoms with Gasteiger partial charge in [-0.25, -0.2) is 4.39 Å². The highest BCUT2D eigenvalue weighted by atomic mass is 35.5. The van der Waals surface area contributed by atoms with E-state index in [1.54, 1.807) is 22.6 Å². The highest BCUT2D eigenvalue weighted by Crippen LogP contribution is 2.44. The Morgan fingerprint density at radius 3 is 2.69 bits per heavy atom. The number of nitrogens with one attached hydrogen (secondary N) is 1. The van der Waals surface area contributed by atoms with Crippen molar-refractivity contribution in [1.29, 1.82) is 0 Å². The van der Waals surface area contributed by atoms with Gasteiger partial charge in [0, 0.05) is 38.5 Å². The maximum atomic E-state index is 14.3. The second kappa shape index (κ2) is 10.6. The second-order valence-corrected chi connectivity index (χ2v) is 9.72. The second-order valence-electron chi connectivity index (χ2n) is 9.31. The van der Waals surface area contributed by atoms with Crippen molar-refractivity contribution in [2.45, 2.75) is 64.3 Å². The number of ether oxygens (including phenoxy) is 2. The minimum absolute atomic E-state index is 0.0448. The van der Waals surface area contributed by atoms with Gasteiger partial charge in [0.05, 0.1) is 23.3 Å². The third kappa shape index (κ3) is 4.62. The van der Waals surface area contributed by atoms with Crippen LogP contribution in [0.4, 0.5) is 4.39 Å². The lowest BCUT2D eigenvalue weighted by molar-refractivity contribution is -0.0911. The van der Waals surface area contributed by atoms with Gasteiger partial charge in [-0.3, -0.25) is 14.4 Å². The van der Waals surface area contributed by atoms with Gasteiger partial charge in [0.1, 0.15) is 11.4 Å². The topological polar surface area (TPSA) is 89.9 Å². The highest BCUT2D eigenvalue weighted by molar-refractivity contribution is 6.30. The van der Waals surface area contributed by atoms with Gasteiger partial charge in [0.25, 0.3) is 11.8 Å². The number of rotatable bonds is 9. The predicted octanol–water partition coefficient (Wildman–Crippen LogP) is 3.77. The third-order valence-corrected chi connectivity index (χ3v) is 7.34. The molecule has 4 rings (SSSR count). The first-order valence-electron chi connectivity index (χ1n) is 12.2. The zero-order valence-corrected chi connectivity index (χ0v) is 21.5. The first-order valence-corrected chi connectivity index (χ1v) is 12.6. The van der Waals surface area contributed by atoms with Crippen molar-refractivity contribution >= 4 is 23.4 Å². The van der Waals surface area contributed by atoms with Crippen molar-refractivity contribution in [3.05, 3.63) is 62.3 Å². The van der Waals surface area contributed by atoms with Gasteiger partial charge in [0.2, 0.25) is 5.43 Å². The number of benzene rings is 1. The van der Waals surface area contributed by atoms with E-state index in [9.17, 15) is 18.8 Å². The maximum Gasteiger partial charge on any atom is 0.275 e. The molecule has 36 heavy (non-hydrogen) atoms. The summed E-state index contributed by atoms with van der Waals surface area (Å²) in [5.74, 6) is -1.73. The summed E-state index contributed by atoms with van der Waals surface area (Å²) in [6.45, 7) is 4.87. The largest absolute Gasteiger partial charge is 0.487 e. The molecule has 1 fully saturated rings. The van der Waals surface area contributed by atoms with E-state index in [0.29, 0.717) is 32.4 Å². The van der Waals surface area contributed by atoms with Crippen LogP contribution in [-0.2, 0) is 17.8 Å². The number of likely N-dealkylation sites (N-methyl/N-ethyl adjacent to an activating group) is 1. The van der Waals surface area contributed by atoms with E-state index in [1.165, 1.54) is 18.3 Å². The van der Waals surface area contributed by atoms with Crippen LogP contribution in [0.2, 0.25) is 5.02 Å². The molecule has 2 aliphatic rings. The van der Waals surface area contributed by atoms with Gasteiger partial charge in [-0.2, -0.15) is 0 Å². The first kappa shape index (κ1) is 26.2. The Balaban J connectivity index is 1.71. The monoisotopic (exact) mass is 519 g/mol. The Bertz CT molecular complexity index is 1220. The number of fused-ring (bicyclic) bond motifs is 1. The number of aromatic nitrogens is 1. The number of amides is 2. The summed E-state index contributed by atoms with van der Waals surface area (Å²) >= 11 is 5.83. The quantitative estimate of drug-likeness (QED) is 0.509. The molecule has 1 aromatic carbocycles. The molecule has 1 aliphatic heterocycles. The zero-order valence-electron chi connectivity index (χ0n) is 20.7. The zero-order chi connectivity index (χ0) is 26.0. The molecule has 0 bridgehead atoms. The van der Waals surface area contributed by atoms with E-state index in [1.807, 2.05) is 13.8 Å². The van der Waals surface area contributed by atoms with Crippen LogP contribution in [0.1, 0.15) is 65.9 Å². The molecule has 1 N–H and O–H groups in total. The number of halogens is 2. The fourth-order valence-corrected chi connectivity index (χ4v) is 5.28. The summed E-state index contributed by atoms with van der Waals surface area (Å²) < 4.78 is 27.2. The van der Waals surface area contributed by atoms with Crippen molar-refractivity contribution < 1.29 is 23.5 Å². The molecule has 0 unspecified atom stereocenters. The van der Waals surface area contributed by atoms with Crippen LogP contribution in [-0.4, -0.2) is 53.2 Å².